The van der Waals surface area contributed by atoms with E-state index in [0.29, 0.717) is 17.3 Å². The summed E-state index contributed by atoms with van der Waals surface area (Å²) in [6.07, 6.45) is 3.32. The van der Waals surface area contributed by atoms with Crippen LogP contribution in [0.1, 0.15) is 11.1 Å². The van der Waals surface area contributed by atoms with E-state index in [2.05, 4.69) is 0 Å². The third-order valence-electron chi connectivity index (χ3n) is 3.52. The molecule has 23 heavy (non-hydrogen) atoms. The molecule has 1 heterocycles. The van der Waals surface area contributed by atoms with E-state index in [4.69, 9.17) is 21.1 Å². The first-order chi connectivity index (χ1) is 11.1. The second kappa shape index (κ2) is 6.75. The number of halogens is 1. The van der Waals surface area contributed by atoms with E-state index in [1.54, 1.807) is 24.1 Å². The maximum atomic E-state index is 12.2. The van der Waals surface area contributed by atoms with Crippen molar-refractivity contribution in [2.75, 3.05) is 13.8 Å². The SMILES string of the molecule is CN(Cc1ccc(Cl)cc1)C(=O)/C=C/c1ccc2c(c1)OCO2. The van der Waals surface area contributed by atoms with Gasteiger partial charge in [0.25, 0.3) is 0 Å². The average molecular weight is 330 g/mol. The van der Waals surface area contributed by atoms with Crippen LogP contribution in [0, 0.1) is 0 Å². The molecule has 2 aromatic rings. The van der Waals surface area contributed by atoms with Crippen molar-refractivity contribution in [1.82, 2.24) is 4.90 Å². The van der Waals surface area contributed by atoms with Gasteiger partial charge in [0.2, 0.25) is 12.7 Å². The first-order valence-corrected chi connectivity index (χ1v) is 7.57. The predicted molar refractivity (Wildman–Crippen MR) is 89.5 cm³/mol. The molecule has 0 bridgehead atoms. The lowest BCUT2D eigenvalue weighted by Gasteiger charge is -2.15. The lowest BCUT2D eigenvalue weighted by molar-refractivity contribution is -0.125. The summed E-state index contributed by atoms with van der Waals surface area (Å²) in [5, 5.41) is 0.686. The Morgan fingerprint density at radius 3 is 2.70 bits per heavy atom. The number of fused-ring (bicyclic) bond motifs is 1. The number of ether oxygens (including phenoxy) is 2. The Labute approximate surface area is 139 Å². The fourth-order valence-electron chi connectivity index (χ4n) is 2.25. The molecule has 0 radical (unpaired) electrons. The van der Waals surface area contributed by atoms with Gasteiger partial charge in [-0.1, -0.05) is 29.8 Å². The largest absolute Gasteiger partial charge is 0.454 e. The van der Waals surface area contributed by atoms with E-state index in [9.17, 15) is 4.79 Å². The number of hydrogen-bond acceptors (Lipinski definition) is 3. The summed E-state index contributed by atoms with van der Waals surface area (Å²) in [5.74, 6) is 1.36. The smallest absolute Gasteiger partial charge is 0.246 e. The van der Waals surface area contributed by atoms with Crippen molar-refractivity contribution < 1.29 is 14.3 Å². The van der Waals surface area contributed by atoms with Crippen LogP contribution in [-0.2, 0) is 11.3 Å². The van der Waals surface area contributed by atoms with Crippen molar-refractivity contribution in [1.29, 1.82) is 0 Å². The second-order valence-electron chi connectivity index (χ2n) is 5.27. The van der Waals surface area contributed by atoms with Gasteiger partial charge < -0.3 is 14.4 Å². The fourth-order valence-corrected chi connectivity index (χ4v) is 2.38. The summed E-state index contributed by atoms with van der Waals surface area (Å²) >= 11 is 5.86. The lowest BCUT2D eigenvalue weighted by Crippen LogP contribution is -2.24. The number of rotatable bonds is 4. The van der Waals surface area contributed by atoms with Crippen molar-refractivity contribution in [2.24, 2.45) is 0 Å². The van der Waals surface area contributed by atoms with Gasteiger partial charge in [0.05, 0.1) is 0 Å². The molecule has 1 aliphatic heterocycles. The van der Waals surface area contributed by atoms with Gasteiger partial charge in [0.1, 0.15) is 0 Å². The van der Waals surface area contributed by atoms with Gasteiger partial charge in [-0.25, -0.2) is 0 Å². The van der Waals surface area contributed by atoms with Gasteiger partial charge >= 0.3 is 0 Å². The van der Waals surface area contributed by atoms with Crippen LogP contribution in [0.5, 0.6) is 11.5 Å². The summed E-state index contributed by atoms with van der Waals surface area (Å²) in [5.41, 5.74) is 1.92. The van der Waals surface area contributed by atoms with E-state index in [1.807, 2.05) is 42.5 Å². The first-order valence-electron chi connectivity index (χ1n) is 7.19. The number of benzene rings is 2. The zero-order valence-electron chi connectivity index (χ0n) is 12.7. The number of amides is 1. The Balaban J connectivity index is 1.62. The molecule has 118 valence electrons. The van der Waals surface area contributed by atoms with Gasteiger partial charge in [-0.05, 0) is 41.5 Å². The van der Waals surface area contributed by atoms with Crippen molar-refractivity contribution in [3.63, 3.8) is 0 Å². The minimum Gasteiger partial charge on any atom is -0.454 e. The highest BCUT2D eigenvalue weighted by Crippen LogP contribution is 2.32. The Kier molecular flexibility index (Phi) is 4.53. The van der Waals surface area contributed by atoms with Crippen molar-refractivity contribution in [3.8, 4) is 11.5 Å². The number of likely N-dealkylation sites (N-methyl/N-ethyl adjacent to an activating group) is 1. The highest BCUT2D eigenvalue weighted by atomic mass is 35.5. The van der Waals surface area contributed by atoms with Gasteiger partial charge in [-0.15, -0.1) is 0 Å². The van der Waals surface area contributed by atoms with E-state index in [1.165, 1.54) is 0 Å². The molecule has 0 saturated heterocycles. The average Bonchev–Trinajstić information content (AvgIpc) is 3.02. The molecule has 2 aromatic carbocycles. The molecule has 0 unspecified atom stereocenters. The Hall–Kier alpha value is -2.46. The molecule has 0 fully saturated rings. The molecule has 0 atom stereocenters. The molecule has 5 heteroatoms. The topological polar surface area (TPSA) is 38.8 Å². The third kappa shape index (κ3) is 3.85. The Morgan fingerprint density at radius 1 is 1.17 bits per heavy atom. The lowest BCUT2D eigenvalue weighted by atomic mass is 10.2. The monoisotopic (exact) mass is 329 g/mol. The normalized spacial score (nSPS) is 12.6. The standard InChI is InChI=1S/C18H16ClNO3/c1-20(11-14-2-6-15(19)7-3-14)18(21)9-5-13-4-8-16-17(10-13)23-12-22-16/h2-10H,11-12H2,1H3/b9-5+. The van der Waals surface area contributed by atoms with Crippen LogP contribution in [0.25, 0.3) is 6.08 Å². The minimum absolute atomic E-state index is 0.0717. The molecular formula is C18H16ClNO3. The molecule has 1 amide bonds. The van der Waals surface area contributed by atoms with Crippen molar-refractivity contribution in [3.05, 3.63) is 64.7 Å². The molecule has 1 aliphatic rings. The van der Waals surface area contributed by atoms with E-state index < -0.39 is 0 Å². The van der Waals surface area contributed by atoms with Crippen LogP contribution >= 0.6 is 11.6 Å². The summed E-state index contributed by atoms with van der Waals surface area (Å²) in [6, 6.07) is 13.0. The van der Waals surface area contributed by atoms with Crippen LogP contribution in [-0.4, -0.2) is 24.6 Å². The Bertz CT molecular complexity index is 740. The fraction of sp³-hybridized carbons (Fsp3) is 0.167. The van der Waals surface area contributed by atoms with Crippen molar-refractivity contribution >= 4 is 23.6 Å². The molecule has 4 nitrogen and oxygen atoms in total. The van der Waals surface area contributed by atoms with E-state index in [-0.39, 0.29) is 12.7 Å². The molecule has 0 aromatic heterocycles. The zero-order chi connectivity index (χ0) is 16.2. The molecule has 0 saturated carbocycles. The van der Waals surface area contributed by atoms with Gasteiger partial charge in [0, 0.05) is 24.7 Å². The quantitative estimate of drug-likeness (QED) is 0.802. The first kappa shape index (κ1) is 15.4. The highest BCUT2D eigenvalue weighted by Gasteiger charge is 2.12. The number of nitrogens with zero attached hydrogens (tertiary/aromatic N) is 1. The maximum Gasteiger partial charge on any atom is 0.246 e. The van der Waals surface area contributed by atoms with Gasteiger partial charge in [0.15, 0.2) is 11.5 Å². The molecular weight excluding hydrogens is 314 g/mol. The Morgan fingerprint density at radius 2 is 1.91 bits per heavy atom. The van der Waals surface area contributed by atoms with Crippen LogP contribution in [0.2, 0.25) is 5.02 Å². The van der Waals surface area contributed by atoms with Crippen LogP contribution < -0.4 is 9.47 Å². The maximum absolute atomic E-state index is 12.2. The summed E-state index contributed by atoms with van der Waals surface area (Å²) in [7, 11) is 1.76. The number of hydrogen-bond donors (Lipinski definition) is 0. The molecule has 3 rings (SSSR count). The van der Waals surface area contributed by atoms with Gasteiger partial charge in [-0.2, -0.15) is 0 Å². The summed E-state index contributed by atoms with van der Waals surface area (Å²) in [4.78, 5) is 13.8. The third-order valence-corrected chi connectivity index (χ3v) is 3.78. The van der Waals surface area contributed by atoms with Crippen molar-refractivity contribution in [2.45, 2.75) is 6.54 Å². The zero-order valence-corrected chi connectivity index (χ0v) is 13.4. The second-order valence-corrected chi connectivity index (χ2v) is 5.70. The number of carbonyl (C=O) groups is 1. The van der Waals surface area contributed by atoms with Gasteiger partial charge in [-0.3, -0.25) is 4.79 Å². The predicted octanol–water partition coefficient (Wildman–Crippen LogP) is 3.74. The molecule has 0 spiro atoms. The van der Waals surface area contributed by atoms with Crippen LogP contribution in [0.3, 0.4) is 0 Å². The van der Waals surface area contributed by atoms with E-state index in [0.717, 1.165) is 16.9 Å². The summed E-state index contributed by atoms with van der Waals surface area (Å²) < 4.78 is 10.6. The summed E-state index contributed by atoms with van der Waals surface area (Å²) in [6.45, 7) is 0.771. The van der Waals surface area contributed by atoms with E-state index >= 15 is 0 Å². The number of carbonyl (C=O) groups excluding carboxylic acids is 1. The molecule has 0 N–H and O–H groups in total. The molecule has 0 aliphatic carbocycles. The minimum atomic E-state index is -0.0717. The highest BCUT2D eigenvalue weighted by molar-refractivity contribution is 6.30. The van der Waals surface area contributed by atoms with Crippen LogP contribution in [0.4, 0.5) is 0 Å². The van der Waals surface area contributed by atoms with Crippen LogP contribution in [0.15, 0.2) is 48.5 Å².